The molecule has 96 valence electrons. The van der Waals surface area contributed by atoms with Crippen LogP contribution in [0.4, 0.5) is 0 Å². The molecule has 2 heterocycles. The van der Waals surface area contributed by atoms with Gasteiger partial charge >= 0.3 is 0 Å². The van der Waals surface area contributed by atoms with Crippen LogP contribution in [0.1, 0.15) is 5.82 Å². The van der Waals surface area contributed by atoms with Gasteiger partial charge in [0.05, 0.1) is 10.9 Å². The number of halogens is 1. The number of hydrogen-bond acceptors (Lipinski definition) is 4. The summed E-state index contributed by atoms with van der Waals surface area (Å²) in [6.07, 6.45) is 0.529. The predicted molar refractivity (Wildman–Crippen MR) is 78.1 cm³/mol. The maximum Gasteiger partial charge on any atom is 0.260 e. The van der Waals surface area contributed by atoms with Gasteiger partial charge in [0.1, 0.15) is 5.82 Å². The van der Waals surface area contributed by atoms with Crippen molar-refractivity contribution in [2.75, 3.05) is 6.54 Å². The van der Waals surface area contributed by atoms with Gasteiger partial charge < -0.3 is 10.7 Å². The highest BCUT2D eigenvalue weighted by atomic mass is 79.9. The van der Waals surface area contributed by atoms with E-state index < -0.39 is 0 Å². The lowest BCUT2D eigenvalue weighted by Gasteiger charge is -2.04. The van der Waals surface area contributed by atoms with Crippen LogP contribution in [0.15, 0.2) is 33.5 Å². The Morgan fingerprint density at radius 1 is 1.32 bits per heavy atom. The SMILES string of the molecule is NCCc1nc2nc3c(Br)cccc3cc2c(=O)[nH]1. The minimum atomic E-state index is -0.178. The average molecular weight is 319 g/mol. The number of fused-ring (bicyclic) bond motifs is 2. The summed E-state index contributed by atoms with van der Waals surface area (Å²) in [5.41, 5.74) is 6.55. The van der Waals surface area contributed by atoms with Crippen molar-refractivity contribution >= 4 is 37.9 Å². The first-order chi connectivity index (χ1) is 9.19. The van der Waals surface area contributed by atoms with Crippen LogP contribution >= 0.6 is 15.9 Å². The number of para-hydroxylation sites is 1. The molecule has 0 aliphatic heterocycles. The lowest BCUT2D eigenvalue weighted by molar-refractivity contribution is 0.867. The number of pyridine rings is 1. The fourth-order valence-electron chi connectivity index (χ4n) is 2.01. The molecule has 0 bridgehead atoms. The summed E-state index contributed by atoms with van der Waals surface area (Å²) in [6.45, 7) is 0.436. The summed E-state index contributed by atoms with van der Waals surface area (Å²) in [6, 6.07) is 7.54. The van der Waals surface area contributed by atoms with Gasteiger partial charge in [-0.3, -0.25) is 4.79 Å². The minimum absolute atomic E-state index is 0.178. The highest BCUT2D eigenvalue weighted by molar-refractivity contribution is 9.10. The van der Waals surface area contributed by atoms with E-state index in [2.05, 4.69) is 30.9 Å². The Morgan fingerprint density at radius 3 is 2.95 bits per heavy atom. The van der Waals surface area contributed by atoms with Crippen LogP contribution < -0.4 is 11.3 Å². The van der Waals surface area contributed by atoms with Crippen LogP contribution in [-0.2, 0) is 6.42 Å². The van der Waals surface area contributed by atoms with Gasteiger partial charge in [-0.15, -0.1) is 0 Å². The van der Waals surface area contributed by atoms with Crippen LogP contribution in [0.2, 0.25) is 0 Å². The molecule has 1 aromatic carbocycles. The molecule has 0 spiro atoms. The van der Waals surface area contributed by atoms with Gasteiger partial charge in [-0.2, -0.15) is 0 Å². The number of nitrogens with zero attached hydrogens (tertiary/aromatic N) is 2. The third-order valence-electron chi connectivity index (χ3n) is 2.90. The monoisotopic (exact) mass is 318 g/mol. The fourth-order valence-corrected chi connectivity index (χ4v) is 2.48. The molecule has 6 heteroatoms. The van der Waals surface area contributed by atoms with E-state index in [1.165, 1.54) is 0 Å². The van der Waals surface area contributed by atoms with E-state index in [0.717, 1.165) is 15.4 Å². The first-order valence-electron chi connectivity index (χ1n) is 5.87. The Bertz CT molecular complexity index is 828. The number of hydrogen-bond donors (Lipinski definition) is 2. The zero-order valence-electron chi connectivity index (χ0n) is 9.98. The largest absolute Gasteiger partial charge is 0.330 e. The van der Waals surface area contributed by atoms with E-state index in [4.69, 9.17) is 5.73 Å². The van der Waals surface area contributed by atoms with E-state index in [1.54, 1.807) is 6.07 Å². The van der Waals surface area contributed by atoms with Gasteiger partial charge in [-0.05, 0) is 34.6 Å². The molecule has 3 rings (SSSR count). The van der Waals surface area contributed by atoms with E-state index >= 15 is 0 Å². The number of aromatic nitrogens is 3. The summed E-state index contributed by atoms with van der Waals surface area (Å²) < 4.78 is 0.884. The molecule has 0 saturated carbocycles. The molecule has 0 fully saturated rings. The van der Waals surface area contributed by atoms with Gasteiger partial charge in [0.2, 0.25) is 0 Å². The molecule has 0 saturated heterocycles. The van der Waals surface area contributed by atoms with Gasteiger partial charge in [0, 0.05) is 16.3 Å². The lowest BCUT2D eigenvalue weighted by atomic mass is 10.2. The van der Waals surface area contributed by atoms with Crippen molar-refractivity contribution in [1.82, 2.24) is 15.0 Å². The van der Waals surface area contributed by atoms with Gasteiger partial charge in [0.15, 0.2) is 5.65 Å². The van der Waals surface area contributed by atoms with Crippen molar-refractivity contribution in [1.29, 1.82) is 0 Å². The quantitative estimate of drug-likeness (QED) is 0.705. The fraction of sp³-hybridized carbons (Fsp3) is 0.154. The Balaban J connectivity index is 2.38. The van der Waals surface area contributed by atoms with Gasteiger partial charge in [-0.25, -0.2) is 9.97 Å². The third-order valence-corrected chi connectivity index (χ3v) is 3.54. The smallest absolute Gasteiger partial charge is 0.260 e. The first kappa shape index (κ1) is 12.3. The molecule has 0 aliphatic rings. The van der Waals surface area contributed by atoms with Crippen LogP contribution in [0.3, 0.4) is 0 Å². The normalized spacial score (nSPS) is 11.3. The maximum atomic E-state index is 12.0. The van der Waals surface area contributed by atoms with Crippen LogP contribution in [0.5, 0.6) is 0 Å². The van der Waals surface area contributed by atoms with Crippen molar-refractivity contribution in [2.24, 2.45) is 5.73 Å². The van der Waals surface area contributed by atoms with Crippen LogP contribution in [0, 0.1) is 0 Å². The predicted octanol–water partition coefficient (Wildman–Crippen LogP) is 1.73. The van der Waals surface area contributed by atoms with E-state index in [-0.39, 0.29) is 5.56 Å². The Kier molecular flexibility index (Phi) is 3.04. The Labute approximate surface area is 117 Å². The molecule has 19 heavy (non-hydrogen) atoms. The number of H-pyrrole nitrogens is 1. The number of benzene rings is 1. The van der Waals surface area contributed by atoms with Crippen molar-refractivity contribution < 1.29 is 0 Å². The molecule has 0 aliphatic carbocycles. The Hall–Kier alpha value is -1.79. The second-order valence-electron chi connectivity index (χ2n) is 4.22. The van der Waals surface area contributed by atoms with Crippen molar-refractivity contribution in [3.05, 3.63) is 44.9 Å². The molecule has 3 aromatic rings. The number of nitrogens with one attached hydrogen (secondary N) is 1. The standard InChI is InChI=1S/C13H11BrN4O/c14-9-3-1-2-7-6-8-12(18-11(7)9)16-10(4-5-15)17-13(8)19/h1-3,6H,4-5,15H2,(H,16,17,18,19). The zero-order chi connectivity index (χ0) is 13.4. The molecular formula is C13H11BrN4O. The van der Waals surface area contributed by atoms with Crippen molar-refractivity contribution in [2.45, 2.75) is 6.42 Å². The summed E-state index contributed by atoms with van der Waals surface area (Å²) in [4.78, 5) is 23.6. The summed E-state index contributed by atoms with van der Waals surface area (Å²) in [7, 11) is 0. The summed E-state index contributed by atoms with van der Waals surface area (Å²) in [5.74, 6) is 0.568. The first-order valence-corrected chi connectivity index (χ1v) is 6.66. The molecule has 0 radical (unpaired) electrons. The average Bonchev–Trinajstić information content (AvgIpc) is 2.38. The van der Waals surface area contributed by atoms with Crippen LogP contribution in [-0.4, -0.2) is 21.5 Å². The van der Waals surface area contributed by atoms with E-state index in [0.29, 0.717) is 29.8 Å². The second-order valence-corrected chi connectivity index (χ2v) is 5.08. The van der Waals surface area contributed by atoms with Gasteiger partial charge in [-0.1, -0.05) is 12.1 Å². The maximum absolute atomic E-state index is 12.0. The topological polar surface area (TPSA) is 84.7 Å². The van der Waals surface area contributed by atoms with Gasteiger partial charge in [0.25, 0.3) is 5.56 Å². The molecular weight excluding hydrogens is 308 g/mol. The number of nitrogens with two attached hydrogens (primary N) is 1. The molecule has 5 nitrogen and oxygen atoms in total. The van der Waals surface area contributed by atoms with Crippen LogP contribution in [0.25, 0.3) is 21.9 Å². The summed E-state index contributed by atoms with van der Waals surface area (Å²) in [5, 5.41) is 1.40. The van der Waals surface area contributed by atoms with E-state index in [9.17, 15) is 4.79 Å². The molecule has 0 unspecified atom stereocenters. The number of aromatic amines is 1. The second kappa shape index (κ2) is 4.71. The Morgan fingerprint density at radius 2 is 2.16 bits per heavy atom. The van der Waals surface area contributed by atoms with Crippen molar-refractivity contribution in [3.63, 3.8) is 0 Å². The molecule has 0 atom stereocenters. The zero-order valence-corrected chi connectivity index (χ0v) is 11.6. The highest BCUT2D eigenvalue weighted by Gasteiger charge is 2.08. The highest BCUT2D eigenvalue weighted by Crippen LogP contribution is 2.23. The lowest BCUT2D eigenvalue weighted by Crippen LogP contribution is -2.15. The molecule has 3 N–H and O–H groups in total. The van der Waals surface area contributed by atoms with Crippen molar-refractivity contribution in [3.8, 4) is 0 Å². The molecule has 0 amide bonds. The van der Waals surface area contributed by atoms with E-state index in [1.807, 2.05) is 18.2 Å². The summed E-state index contributed by atoms with van der Waals surface area (Å²) >= 11 is 3.45. The minimum Gasteiger partial charge on any atom is -0.330 e. The number of rotatable bonds is 2. The third kappa shape index (κ3) is 2.13. The molecule has 2 aromatic heterocycles.